The van der Waals surface area contributed by atoms with Crippen molar-refractivity contribution in [3.8, 4) is 0 Å². The maximum atomic E-state index is 4.38. The Labute approximate surface area is 91.3 Å². The molecule has 0 bridgehead atoms. The molecule has 1 aliphatic heterocycles. The lowest BCUT2D eigenvalue weighted by atomic mass is 10.0. The number of nitrogens with zero attached hydrogens (tertiary/aromatic N) is 3. The van der Waals surface area contributed by atoms with Crippen molar-refractivity contribution in [3.63, 3.8) is 0 Å². The molecule has 0 amide bonds. The molecule has 1 aromatic heterocycles. The highest BCUT2D eigenvalue weighted by atomic mass is 15.3. The zero-order valence-electron chi connectivity index (χ0n) is 9.82. The summed E-state index contributed by atoms with van der Waals surface area (Å²) < 4.78 is 1.90. The number of hydrogen-bond donors (Lipinski definition) is 1. The van der Waals surface area contributed by atoms with Crippen molar-refractivity contribution in [1.82, 2.24) is 15.1 Å². The number of aromatic nitrogens is 2. The Morgan fingerprint density at radius 1 is 1.40 bits per heavy atom. The fraction of sp³-hybridized carbons (Fsp3) is 0.727. The van der Waals surface area contributed by atoms with E-state index >= 15 is 0 Å². The van der Waals surface area contributed by atoms with E-state index in [0.29, 0.717) is 6.04 Å². The van der Waals surface area contributed by atoms with E-state index in [9.17, 15) is 0 Å². The number of aryl methyl sites for hydroxylation is 2. The Hall–Kier alpha value is -1.03. The molecule has 0 unspecified atom stereocenters. The molecule has 2 heterocycles. The van der Waals surface area contributed by atoms with Crippen LogP contribution in [0.1, 0.15) is 18.5 Å². The van der Waals surface area contributed by atoms with Crippen LogP contribution in [0.2, 0.25) is 0 Å². The second kappa shape index (κ2) is 4.23. The third-order valence-electron chi connectivity index (χ3n) is 3.23. The first-order chi connectivity index (χ1) is 7.20. The Balaban J connectivity index is 2.04. The van der Waals surface area contributed by atoms with Crippen molar-refractivity contribution in [2.24, 2.45) is 7.05 Å². The van der Waals surface area contributed by atoms with Gasteiger partial charge in [0.15, 0.2) is 0 Å². The summed E-state index contributed by atoms with van der Waals surface area (Å²) in [6.45, 7) is 4.36. The van der Waals surface area contributed by atoms with Crippen LogP contribution in [0.4, 0.5) is 5.69 Å². The third kappa shape index (κ3) is 2.15. The highest BCUT2D eigenvalue weighted by molar-refractivity contribution is 5.49. The van der Waals surface area contributed by atoms with E-state index in [1.807, 2.05) is 11.7 Å². The van der Waals surface area contributed by atoms with Crippen LogP contribution in [0.3, 0.4) is 0 Å². The van der Waals surface area contributed by atoms with Gasteiger partial charge in [-0.05, 0) is 26.8 Å². The van der Waals surface area contributed by atoms with Crippen LogP contribution in [-0.2, 0) is 7.05 Å². The van der Waals surface area contributed by atoms with E-state index in [2.05, 4.69) is 35.5 Å². The van der Waals surface area contributed by atoms with E-state index in [1.54, 1.807) is 0 Å². The number of anilines is 1. The molecular formula is C11H20N4. The van der Waals surface area contributed by atoms with Gasteiger partial charge < -0.3 is 10.2 Å². The second-order valence-corrected chi connectivity index (χ2v) is 4.32. The van der Waals surface area contributed by atoms with Crippen LogP contribution in [0.25, 0.3) is 0 Å². The van der Waals surface area contributed by atoms with Gasteiger partial charge in [0.1, 0.15) is 0 Å². The molecule has 1 fully saturated rings. The molecule has 4 heteroatoms. The SMILES string of the molecule is CNC1CCN(c2cn(C)nc2C)CC1. The highest BCUT2D eigenvalue weighted by Crippen LogP contribution is 2.22. The summed E-state index contributed by atoms with van der Waals surface area (Å²) in [6, 6.07) is 0.693. The van der Waals surface area contributed by atoms with Gasteiger partial charge in [-0.25, -0.2) is 0 Å². The molecule has 1 aromatic rings. The van der Waals surface area contributed by atoms with Gasteiger partial charge in [0.25, 0.3) is 0 Å². The van der Waals surface area contributed by atoms with Gasteiger partial charge in [-0.3, -0.25) is 4.68 Å². The minimum absolute atomic E-state index is 0.693. The molecule has 0 saturated carbocycles. The Morgan fingerprint density at radius 2 is 2.07 bits per heavy atom. The van der Waals surface area contributed by atoms with E-state index < -0.39 is 0 Å². The summed E-state index contributed by atoms with van der Waals surface area (Å²) in [7, 11) is 4.03. The van der Waals surface area contributed by atoms with Crippen molar-refractivity contribution < 1.29 is 0 Å². The lowest BCUT2D eigenvalue weighted by Crippen LogP contribution is -2.41. The average Bonchev–Trinajstić information content (AvgIpc) is 2.58. The molecular weight excluding hydrogens is 188 g/mol. The van der Waals surface area contributed by atoms with Gasteiger partial charge in [-0.15, -0.1) is 0 Å². The van der Waals surface area contributed by atoms with Crippen LogP contribution in [0, 0.1) is 6.92 Å². The lowest BCUT2D eigenvalue weighted by Gasteiger charge is -2.32. The number of piperidine rings is 1. The predicted molar refractivity (Wildman–Crippen MR) is 62.2 cm³/mol. The predicted octanol–water partition coefficient (Wildman–Crippen LogP) is 0.917. The maximum Gasteiger partial charge on any atom is 0.0827 e. The molecule has 0 aliphatic carbocycles. The molecule has 0 spiro atoms. The van der Waals surface area contributed by atoms with Crippen molar-refractivity contribution in [2.75, 3.05) is 25.0 Å². The minimum atomic E-state index is 0.693. The summed E-state index contributed by atoms with van der Waals surface area (Å²) in [6.07, 6.45) is 4.57. The average molecular weight is 208 g/mol. The highest BCUT2D eigenvalue weighted by Gasteiger charge is 2.20. The molecule has 15 heavy (non-hydrogen) atoms. The smallest absolute Gasteiger partial charge is 0.0827 e. The first kappa shape index (κ1) is 10.5. The molecule has 0 radical (unpaired) electrons. The molecule has 4 nitrogen and oxygen atoms in total. The van der Waals surface area contributed by atoms with Crippen LogP contribution < -0.4 is 10.2 Å². The van der Waals surface area contributed by atoms with Gasteiger partial charge in [0.2, 0.25) is 0 Å². The Morgan fingerprint density at radius 3 is 2.53 bits per heavy atom. The quantitative estimate of drug-likeness (QED) is 0.784. The molecule has 0 atom stereocenters. The van der Waals surface area contributed by atoms with Crippen LogP contribution >= 0.6 is 0 Å². The zero-order chi connectivity index (χ0) is 10.8. The van der Waals surface area contributed by atoms with Crippen LogP contribution in [0.15, 0.2) is 6.20 Å². The van der Waals surface area contributed by atoms with E-state index in [1.165, 1.54) is 18.5 Å². The molecule has 2 rings (SSSR count). The second-order valence-electron chi connectivity index (χ2n) is 4.32. The first-order valence-corrected chi connectivity index (χ1v) is 5.63. The number of nitrogens with one attached hydrogen (secondary N) is 1. The van der Waals surface area contributed by atoms with Crippen molar-refractivity contribution >= 4 is 5.69 Å². The fourth-order valence-corrected chi connectivity index (χ4v) is 2.31. The van der Waals surface area contributed by atoms with Gasteiger partial charge in [0.05, 0.1) is 11.4 Å². The normalized spacial score (nSPS) is 18.5. The summed E-state index contributed by atoms with van der Waals surface area (Å²) in [5.41, 5.74) is 2.44. The molecule has 84 valence electrons. The molecule has 1 N–H and O–H groups in total. The minimum Gasteiger partial charge on any atom is -0.369 e. The number of hydrogen-bond acceptors (Lipinski definition) is 3. The van der Waals surface area contributed by atoms with Gasteiger partial charge in [-0.2, -0.15) is 5.10 Å². The van der Waals surface area contributed by atoms with E-state index in [4.69, 9.17) is 0 Å². The zero-order valence-corrected chi connectivity index (χ0v) is 9.82. The van der Waals surface area contributed by atoms with Crippen LogP contribution in [-0.4, -0.2) is 36.0 Å². The molecule has 1 saturated heterocycles. The number of rotatable bonds is 2. The maximum absolute atomic E-state index is 4.38. The Kier molecular flexibility index (Phi) is 2.95. The van der Waals surface area contributed by atoms with E-state index in [0.717, 1.165) is 18.8 Å². The summed E-state index contributed by atoms with van der Waals surface area (Å²) in [5.74, 6) is 0. The van der Waals surface area contributed by atoms with Gasteiger partial charge >= 0.3 is 0 Å². The van der Waals surface area contributed by atoms with Gasteiger partial charge in [-0.1, -0.05) is 0 Å². The third-order valence-corrected chi connectivity index (χ3v) is 3.23. The van der Waals surface area contributed by atoms with Crippen molar-refractivity contribution in [1.29, 1.82) is 0 Å². The molecule has 1 aliphatic rings. The summed E-state index contributed by atoms with van der Waals surface area (Å²) in [4.78, 5) is 2.44. The summed E-state index contributed by atoms with van der Waals surface area (Å²) >= 11 is 0. The van der Waals surface area contributed by atoms with E-state index in [-0.39, 0.29) is 0 Å². The van der Waals surface area contributed by atoms with Crippen molar-refractivity contribution in [2.45, 2.75) is 25.8 Å². The topological polar surface area (TPSA) is 33.1 Å². The lowest BCUT2D eigenvalue weighted by molar-refractivity contribution is 0.442. The fourth-order valence-electron chi connectivity index (χ4n) is 2.31. The van der Waals surface area contributed by atoms with Gasteiger partial charge in [0, 0.05) is 32.4 Å². The largest absolute Gasteiger partial charge is 0.369 e. The molecule has 0 aromatic carbocycles. The standard InChI is InChI=1S/C11H20N4/c1-9-11(8-14(3)13-9)15-6-4-10(12-2)5-7-15/h8,10,12H,4-7H2,1-3H3. The van der Waals surface area contributed by atoms with Crippen molar-refractivity contribution in [3.05, 3.63) is 11.9 Å². The van der Waals surface area contributed by atoms with Crippen LogP contribution in [0.5, 0.6) is 0 Å². The first-order valence-electron chi connectivity index (χ1n) is 5.63. The monoisotopic (exact) mass is 208 g/mol. The summed E-state index contributed by atoms with van der Waals surface area (Å²) in [5, 5.41) is 7.73. The Bertz CT molecular complexity index is 323.